The molecule has 0 saturated heterocycles. The first-order chi connectivity index (χ1) is 8.69. The fourth-order valence-corrected chi connectivity index (χ4v) is 1.50. The fraction of sp³-hybridized carbons (Fsp3) is 0.273. The van der Waals surface area contributed by atoms with E-state index in [1.54, 1.807) is 0 Å². The monoisotopic (exact) mass is 273 g/mol. The van der Waals surface area contributed by atoms with E-state index in [-0.39, 0.29) is 12.6 Å². The molecule has 1 aromatic heterocycles. The summed E-state index contributed by atoms with van der Waals surface area (Å²) < 4.78 is 30.9. The van der Waals surface area contributed by atoms with Gasteiger partial charge in [-0.05, 0) is 17.7 Å². The molecule has 96 valence electrons. The number of nitrogens with one attached hydrogen (secondary N) is 1. The van der Waals surface area contributed by atoms with Gasteiger partial charge in [0.2, 0.25) is 5.89 Å². The first-order valence-corrected chi connectivity index (χ1v) is 5.78. The minimum absolute atomic E-state index is 0.222. The number of nitrogens with zero attached hydrogens (tertiary/aromatic N) is 2. The van der Waals surface area contributed by atoms with Gasteiger partial charge in [0.05, 0.1) is 0 Å². The molecule has 1 N–H and O–H groups in total. The predicted octanol–water partition coefficient (Wildman–Crippen LogP) is 2.74. The molecule has 0 aliphatic rings. The molecular formula is C11H10ClF2N3O. The van der Waals surface area contributed by atoms with Crippen molar-refractivity contribution in [3.05, 3.63) is 41.3 Å². The van der Waals surface area contributed by atoms with Crippen molar-refractivity contribution in [1.82, 2.24) is 10.2 Å². The van der Waals surface area contributed by atoms with Crippen LogP contribution in [0.2, 0.25) is 0 Å². The number of aromatic nitrogens is 2. The molecule has 0 fully saturated rings. The van der Waals surface area contributed by atoms with Gasteiger partial charge in [-0.2, -0.15) is 0 Å². The van der Waals surface area contributed by atoms with Gasteiger partial charge in [-0.3, -0.25) is 0 Å². The third-order valence-corrected chi connectivity index (χ3v) is 2.39. The van der Waals surface area contributed by atoms with Gasteiger partial charge in [0.15, 0.2) is 11.6 Å². The number of hydrogen-bond acceptors (Lipinski definition) is 4. The van der Waals surface area contributed by atoms with Crippen LogP contribution in [0.1, 0.15) is 11.5 Å². The molecule has 2 rings (SSSR count). The zero-order valence-electron chi connectivity index (χ0n) is 9.29. The molecule has 1 aromatic carbocycles. The van der Waals surface area contributed by atoms with E-state index in [9.17, 15) is 8.78 Å². The summed E-state index contributed by atoms with van der Waals surface area (Å²) in [5.74, 6) is -0.938. The van der Waals surface area contributed by atoms with Crippen molar-refractivity contribution in [3.63, 3.8) is 0 Å². The van der Waals surface area contributed by atoms with E-state index in [4.69, 9.17) is 16.0 Å². The van der Waals surface area contributed by atoms with Crippen LogP contribution in [0.5, 0.6) is 0 Å². The summed E-state index contributed by atoms with van der Waals surface area (Å²) in [7, 11) is 0. The minimum Gasteiger partial charge on any atom is -0.408 e. The van der Waals surface area contributed by atoms with E-state index >= 15 is 0 Å². The van der Waals surface area contributed by atoms with E-state index in [0.717, 1.165) is 12.1 Å². The number of aryl methyl sites for hydroxylation is 1. The number of halogens is 3. The van der Waals surface area contributed by atoms with Crippen molar-refractivity contribution in [2.45, 2.75) is 13.0 Å². The number of benzene rings is 1. The summed E-state index contributed by atoms with van der Waals surface area (Å²) in [6, 6.07) is 3.87. The third kappa shape index (κ3) is 3.16. The second kappa shape index (κ2) is 5.77. The smallest absolute Gasteiger partial charge is 0.315 e. The highest BCUT2D eigenvalue weighted by molar-refractivity contribution is 6.17. The summed E-state index contributed by atoms with van der Waals surface area (Å²) >= 11 is 5.53. The largest absolute Gasteiger partial charge is 0.408 e. The summed E-state index contributed by atoms with van der Waals surface area (Å²) in [4.78, 5) is 0. The second-order valence-electron chi connectivity index (χ2n) is 3.54. The maximum Gasteiger partial charge on any atom is 0.315 e. The summed E-state index contributed by atoms with van der Waals surface area (Å²) in [5.41, 5.74) is 0.575. The molecule has 0 aliphatic heterocycles. The van der Waals surface area contributed by atoms with Crippen LogP contribution in [0, 0.1) is 11.6 Å². The second-order valence-corrected chi connectivity index (χ2v) is 3.92. The molecule has 18 heavy (non-hydrogen) atoms. The molecule has 7 heteroatoms. The van der Waals surface area contributed by atoms with Crippen LogP contribution in [0.4, 0.5) is 14.8 Å². The predicted molar refractivity (Wildman–Crippen MR) is 62.4 cm³/mol. The summed E-state index contributed by atoms with van der Waals surface area (Å²) in [5, 5.41) is 10.3. The molecule has 0 saturated carbocycles. The molecule has 1 heterocycles. The van der Waals surface area contributed by atoms with Crippen molar-refractivity contribution in [1.29, 1.82) is 0 Å². The molecule has 0 amide bonds. The zero-order chi connectivity index (χ0) is 13.0. The average molecular weight is 274 g/mol. The Hall–Kier alpha value is -1.69. The normalized spacial score (nSPS) is 10.6. The summed E-state index contributed by atoms with van der Waals surface area (Å²) in [6.45, 7) is 0.264. The maximum absolute atomic E-state index is 12.9. The highest BCUT2D eigenvalue weighted by Crippen LogP contribution is 2.11. The quantitative estimate of drug-likeness (QED) is 0.851. The Balaban J connectivity index is 1.95. The van der Waals surface area contributed by atoms with Gasteiger partial charge in [0, 0.05) is 18.8 Å². The van der Waals surface area contributed by atoms with E-state index in [1.165, 1.54) is 6.07 Å². The number of anilines is 1. The van der Waals surface area contributed by atoms with Gasteiger partial charge in [0.25, 0.3) is 0 Å². The highest BCUT2D eigenvalue weighted by atomic mass is 35.5. The van der Waals surface area contributed by atoms with Gasteiger partial charge in [-0.1, -0.05) is 11.2 Å². The van der Waals surface area contributed by atoms with Gasteiger partial charge >= 0.3 is 6.01 Å². The molecule has 4 nitrogen and oxygen atoms in total. The Morgan fingerprint density at radius 2 is 2.06 bits per heavy atom. The molecule has 0 unspecified atom stereocenters. The van der Waals surface area contributed by atoms with E-state index in [0.29, 0.717) is 23.8 Å². The van der Waals surface area contributed by atoms with Crippen LogP contribution in [0.25, 0.3) is 0 Å². The fourth-order valence-electron chi connectivity index (χ4n) is 1.33. The first kappa shape index (κ1) is 12.8. The van der Waals surface area contributed by atoms with Crippen LogP contribution < -0.4 is 5.32 Å². The molecule has 2 aromatic rings. The van der Waals surface area contributed by atoms with Crippen molar-refractivity contribution in [2.24, 2.45) is 0 Å². The molecule has 0 radical (unpaired) electrons. The number of alkyl halides is 1. The highest BCUT2D eigenvalue weighted by Gasteiger charge is 2.06. The molecule has 0 atom stereocenters. The van der Waals surface area contributed by atoms with Crippen LogP contribution in [0.15, 0.2) is 22.6 Å². The average Bonchev–Trinajstić information content (AvgIpc) is 2.79. The first-order valence-electron chi connectivity index (χ1n) is 5.25. The Morgan fingerprint density at radius 3 is 2.78 bits per heavy atom. The van der Waals surface area contributed by atoms with E-state index in [1.807, 2.05) is 0 Å². The van der Waals surface area contributed by atoms with Gasteiger partial charge in [-0.15, -0.1) is 16.7 Å². The molecular weight excluding hydrogens is 264 g/mol. The topological polar surface area (TPSA) is 51.0 Å². The Kier molecular flexibility index (Phi) is 4.09. The van der Waals surface area contributed by atoms with E-state index in [2.05, 4.69) is 15.5 Å². The Morgan fingerprint density at radius 1 is 1.22 bits per heavy atom. The van der Waals surface area contributed by atoms with Crippen molar-refractivity contribution < 1.29 is 13.2 Å². The third-order valence-electron chi connectivity index (χ3n) is 2.20. The van der Waals surface area contributed by atoms with Crippen molar-refractivity contribution in [2.75, 3.05) is 11.2 Å². The van der Waals surface area contributed by atoms with Gasteiger partial charge < -0.3 is 9.73 Å². The molecule has 0 spiro atoms. The van der Waals surface area contributed by atoms with Crippen molar-refractivity contribution in [3.8, 4) is 0 Å². The zero-order valence-corrected chi connectivity index (χ0v) is 10.0. The number of rotatable bonds is 5. The van der Waals surface area contributed by atoms with Crippen LogP contribution in [-0.2, 0) is 13.0 Å². The lowest BCUT2D eigenvalue weighted by Crippen LogP contribution is -2.00. The Bertz CT molecular complexity index is 533. The lowest BCUT2D eigenvalue weighted by molar-refractivity contribution is 0.505. The van der Waals surface area contributed by atoms with E-state index < -0.39 is 11.6 Å². The number of hydrogen-bond donors (Lipinski definition) is 1. The van der Waals surface area contributed by atoms with Crippen molar-refractivity contribution >= 4 is 17.6 Å². The van der Waals surface area contributed by atoms with Gasteiger partial charge in [-0.25, -0.2) is 8.78 Å². The standard InChI is InChI=1S/C11H10ClF2N3O/c12-4-3-10-16-17-11(18-10)15-6-7-1-2-8(13)9(14)5-7/h1-2,5H,3-4,6H2,(H,15,17). The lowest BCUT2D eigenvalue weighted by Gasteiger charge is -2.02. The van der Waals surface area contributed by atoms with Gasteiger partial charge in [0.1, 0.15) is 0 Å². The maximum atomic E-state index is 12.9. The lowest BCUT2D eigenvalue weighted by atomic mass is 10.2. The SMILES string of the molecule is Fc1ccc(CNc2nnc(CCCl)o2)cc1F. The van der Waals surface area contributed by atoms with Crippen LogP contribution in [0.3, 0.4) is 0 Å². The summed E-state index contributed by atoms with van der Waals surface area (Å²) in [6.07, 6.45) is 0.488. The van der Waals surface area contributed by atoms with Crippen LogP contribution >= 0.6 is 11.6 Å². The molecule has 0 bridgehead atoms. The Labute approximate surface area is 107 Å². The molecule has 0 aliphatic carbocycles. The van der Waals surface area contributed by atoms with Crippen LogP contribution in [-0.4, -0.2) is 16.1 Å². The minimum atomic E-state index is -0.886.